The summed E-state index contributed by atoms with van der Waals surface area (Å²) in [5.74, 6) is -2.09. The number of hydrogen-bond donors (Lipinski definition) is 1. The first kappa shape index (κ1) is 21.9. The van der Waals surface area contributed by atoms with E-state index < -0.39 is 23.8 Å². The lowest BCUT2D eigenvalue weighted by molar-refractivity contribution is -0.153. The molecule has 0 fully saturated rings. The van der Waals surface area contributed by atoms with Crippen molar-refractivity contribution in [2.24, 2.45) is 11.8 Å². The number of allylic oxidation sites excluding steroid dienone is 3. The third-order valence-electron chi connectivity index (χ3n) is 6.05. The molecule has 0 amide bonds. The van der Waals surface area contributed by atoms with Gasteiger partial charge in [-0.1, -0.05) is 13.0 Å². The predicted octanol–water partition coefficient (Wildman–Crippen LogP) is 2.98. The second kappa shape index (κ2) is 8.68. The molecule has 8 nitrogen and oxygen atoms in total. The van der Waals surface area contributed by atoms with Crippen LogP contribution in [0.4, 0.5) is 0 Å². The largest absolute Gasteiger partial charge is 0.465 e. The lowest BCUT2D eigenvalue weighted by Gasteiger charge is -2.38. The average molecular weight is 441 g/mol. The second-order valence-electron chi connectivity index (χ2n) is 8.10. The Morgan fingerprint density at radius 2 is 1.84 bits per heavy atom. The van der Waals surface area contributed by atoms with Gasteiger partial charge in [0.15, 0.2) is 17.3 Å². The third kappa shape index (κ3) is 3.63. The van der Waals surface area contributed by atoms with Gasteiger partial charge in [0.05, 0.1) is 18.8 Å². The van der Waals surface area contributed by atoms with Gasteiger partial charge in [-0.05, 0) is 50.8 Å². The van der Waals surface area contributed by atoms with E-state index >= 15 is 0 Å². The summed E-state index contributed by atoms with van der Waals surface area (Å²) in [5.41, 5.74) is 2.77. The summed E-state index contributed by atoms with van der Waals surface area (Å²) in [7, 11) is 0. The summed E-state index contributed by atoms with van der Waals surface area (Å²) in [4.78, 5) is 39.3. The Labute approximate surface area is 186 Å². The zero-order valence-corrected chi connectivity index (χ0v) is 18.7. The molecular formula is C24H27NO7. The Morgan fingerprint density at radius 1 is 1.12 bits per heavy atom. The van der Waals surface area contributed by atoms with E-state index in [-0.39, 0.29) is 31.7 Å². The van der Waals surface area contributed by atoms with Gasteiger partial charge in [-0.25, -0.2) is 4.79 Å². The summed E-state index contributed by atoms with van der Waals surface area (Å²) in [6, 6.07) is 5.35. The number of ketones is 1. The molecule has 2 aliphatic heterocycles. The van der Waals surface area contributed by atoms with Gasteiger partial charge in [-0.2, -0.15) is 0 Å². The molecule has 1 aromatic carbocycles. The molecule has 3 aliphatic rings. The number of fused-ring (bicyclic) bond motifs is 1. The number of benzene rings is 1. The van der Waals surface area contributed by atoms with Crippen LogP contribution in [0, 0.1) is 11.8 Å². The number of hydrogen-bond acceptors (Lipinski definition) is 8. The van der Waals surface area contributed by atoms with Gasteiger partial charge < -0.3 is 24.3 Å². The van der Waals surface area contributed by atoms with E-state index in [1.165, 1.54) is 0 Å². The van der Waals surface area contributed by atoms with Crippen LogP contribution < -0.4 is 14.8 Å². The number of carbonyl (C=O) groups excluding carboxylic acids is 3. The molecule has 3 unspecified atom stereocenters. The molecule has 170 valence electrons. The average Bonchev–Trinajstić information content (AvgIpc) is 3.20. The van der Waals surface area contributed by atoms with Crippen LogP contribution in [0.25, 0.3) is 0 Å². The molecule has 32 heavy (non-hydrogen) atoms. The second-order valence-corrected chi connectivity index (χ2v) is 8.10. The number of carbonyl (C=O) groups is 3. The monoisotopic (exact) mass is 441 g/mol. The van der Waals surface area contributed by atoms with Crippen molar-refractivity contribution in [2.75, 3.05) is 20.0 Å². The molecule has 4 rings (SSSR count). The summed E-state index contributed by atoms with van der Waals surface area (Å²) in [5, 5.41) is 3.24. The first-order valence-corrected chi connectivity index (χ1v) is 10.9. The van der Waals surface area contributed by atoms with E-state index in [1.807, 2.05) is 13.0 Å². The van der Waals surface area contributed by atoms with Gasteiger partial charge in [0.25, 0.3) is 0 Å². The number of nitrogens with one attached hydrogen (secondary N) is 1. The fourth-order valence-electron chi connectivity index (χ4n) is 4.69. The van der Waals surface area contributed by atoms with Crippen LogP contribution in [0.3, 0.4) is 0 Å². The Kier molecular flexibility index (Phi) is 5.95. The van der Waals surface area contributed by atoms with E-state index in [0.29, 0.717) is 40.3 Å². The van der Waals surface area contributed by atoms with Gasteiger partial charge in [-0.3, -0.25) is 9.59 Å². The van der Waals surface area contributed by atoms with Gasteiger partial charge in [0, 0.05) is 22.9 Å². The van der Waals surface area contributed by atoms with E-state index in [0.717, 1.165) is 5.70 Å². The van der Waals surface area contributed by atoms with E-state index in [1.54, 1.807) is 32.9 Å². The van der Waals surface area contributed by atoms with Gasteiger partial charge in [0.2, 0.25) is 6.79 Å². The maximum absolute atomic E-state index is 13.7. The highest BCUT2D eigenvalue weighted by molar-refractivity contribution is 6.12. The molecular weight excluding hydrogens is 414 g/mol. The molecule has 2 heterocycles. The van der Waals surface area contributed by atoms with Crippen molar-refractivity contribution in [1.29, 1.82) is 0 Å². The van der Waals surface area contributed by atoms with Crippen LogP contribution in [0.5, 0.6) is 11.5 Å². The van der Waals surface area contributed by atoms with Gasteiger partial charge >= 0.3 is 11.9 Å². The fourth-order valence-corrected chi connectivity index (χ4v) is 4.69. The molecule has 0 bridgehead atoms. The highest BCUT2D eigenvalue weighted by Gasteiger charge is 2.47. The Bertz CT molecular complexity index is 1040. The van der Waals surface area contributed by atoms with Crippen molar-refractivity contribution in [1.82, 2.24) is 5.32 Å². The molecule has 0 aromatic heterocycles. The molecule has 3 atom stereocenters. The molecule has 0 saturated heterocycles. The van der Waals surface area contributed by atoms with Crippen LogP contribution in [0.2, 0.25) is 0 Å². The SMILES string of the molecule is CCOC(=O)C1=C(C)NC2=C(C(=O)C(C(=O)OCC)C(C)C2)C1c1ccc2c(c1)OCO2. The highest BCUT2D eigenvalue weighted by Crippen LogP contribution is 2.47. The summed E-state index contributed by atoms with van der Waals surface area (Å²) in [6.07, 6.45) is 0.485. The number of ether oxygens (including phenoxy) is 4. The lowest BCUT2D eigenvalue weighted by atomic mass is 9.69. The standard InChI is InChI=1S/C24H27NO7/c1-5-29-23(27)18-12(3)9-15-21(22(18)26)20(19(13(4)25-15)24(28)30-6-2)14-7-8-16-17(10-14)32-11-31-16/h7-8,10,12,18,20,25H,5-6,9,11H2,1-4H3. The Hall–Kier alpha value is -3.29. The summed E-state index contributed by atoms with van der Waals surface area (Å²) < 4.78 is 21.5. The number of dihydropyridines is 1. The van der Waals surface area contributed by atoms with Crippen LogP contribution in [0.15, 0.2) is 40.7 Å². The van der Waals surface area contributed by atoms with Gasteiger partial charge in [-0.15, -0.1) is 0 Å². The Balaban J connectivity index is 1.85. The molecule has 0 spiro atoms. The van der Waals surface area contributed by atoms with Crippen LogP contribution in [-0.2, 0) is 23.9 Å². The minimum absolute atomic E-state index is 0.111. The van der Waals surface area contributed by atoms with Crippen molar-refractivity contribution in [3.8, 4) is 11.5 Å². The maximum atomic E-state index is 13.7. The van der Waals surface area contributed by atoms with Crippen molar-refractivity contribution in [3.05, 3.63) is 46.3 Å². The van der Waals surface area contributed by atoms with Crippen molar-refractivity contribution >= 4 is 17.7 Å². The highest BCUT2D eigenvalue weighted by atomic mass is 16.7. The lowest BCUT2D eigenvalue weighted by Crippen LogP contribution is -2.43. The van der Waals surface area contributed by atoms with Crippen molar-refractivity contribution in [3.63, 3.8) is 0 Å². The zero-order chi connectivity index (χ0) is 23.0. The van der Waals surface area contributed by atoms with E-state index in [4.69, 9.17) is 18.9 Å². The van der Waals surface area contributed by atoms with Gasteiger partial charge in [0.1, 0.15) is 5.92 Å². The number of esters is 2. The Morgan fingerprint density at radius 3 is 2.56 bits per heavy atom. The molecule has 1 aliphatic carbocycles. The number of Topliss-reactive ketones (excluding diaryl/α,β-unsaturated/α-hetero) is 1. The third-order valence-corrected chi connectivity index (χ3v) is 6.05. The molecule has 0 radical (unpaired) electrons. The summed E-state index contributed by atoms with van der Waals surface area (Å²) >= 11 is 0. The molecule has 1 aromatic rings. The molecule has 0 saturated carbocycles. The van der Waals surface area contributed by atoms with Crippen LogP contribution >= 0.6 is 0 Å². The van der Waals surface area contributed by atoms with Crippen molar-refractivity contribution < 1.29 is 33.3 Å². The first-order chi connectivity index (χ1) is 15.4. The minimum atomic E-state index is -0.922. The summed E-state index contributed by atoms with van der Waals surface area (Å²) in [6.45, 7) is 7.60. The first-order valence-electron chi connectivity index (χ1n) is 10.9. The van der Waals surface area contributed by atoms with Crippen LogP contribution in [-0.4, -0.2) is 37.7 Å². The normalized spacial score (nSPS) is 24.1. The van der Waals surface area contributed by atoms with E-state index in [2.05, 4.69) is 5.32 Å². The van der Waals surface area contributed by atoms with Crippen molar-refractivity contribution in [2.45, 2.75) is 40.0 Å². The minimum Gasteiger partial charge on any atom is -0.465 e. The zero-order valence-electron chi connectivity index (χ0n) is 18.7. The quantitative estimate of drug-likeness (QED) is 0.550. The van der Waals surface area contributed by atoms with Crippen LogP contribution in [0.1, 0.15) is 45.6 Å². The maximum Gasteiger partial charge on any atom is 0.336 e. The fraction of sp³-hybridized carbons (Fsp3) is 0.458. The predicted molar refractivity (Wildman–Crippen MR) is 114 cm³/mol. The smallest absolute Gasteiger partial charge is 0.336 e. The molecule has 1 N–H and O–H groups in total. The number of rotatable bonds is 5. The molecule has 8 heteroatoms. The topological polar surface area (TPSA) is 100 Å². The van der Waals surface area contributed by atoms with E-state index in [9.17, 15) is 14.4 Å².